The van der Waals surface area contributed by atoms with Gasteiger partial charge in [-0.3, -0.25) is 4.72 Å². The van der Waals surface area contributed by atoms with Crippen LogP contribution in [0, 0.1) is 23.3 Å². The standard InChI is InChI=1S/C12H6BrF4NO2S/c13-6-3-9(16)12(10(17)4-6)18-21(19,20)11-2-1-7(14)5-8(11)15/h1-5,18H. The van der Waals surface area contributed by atoms with E-state index in [4.69, 9.17) is 0 Å². The van der Waals surface area contributed by atoms with Crippen molar-refractivity contribution >= 4 is 31.6 Å². The molecule has 0 amide bonds. The van der Waals surface area contributed by atoms with Crippen molar-refractivity contribution < 1.29 is 26.0 Å². The predicted molar refractivity (Wildman–Crippen MR) is 71.2 cm³/mol. The second-order valence-corrected chi connectivity index (χ2v) is 6.49. The van der Waals surface area contributed by atoms with Crippen molar-refractivity contribution in [2.24, 2.45) is 0 Å². The predicted octanol–water partition coefficient (Wildman–Crippen LogP) is 3.81. The van der Waals surface area contributed by atoms with Gasteiger partial charge in [-0.2, -0.15) is 0 Å². The van der Waals surface area contributed by atoms with Gasteiger partial charge in [0.1, 0.15) is 22.2 Å². The van der Waals surface area contributed by atoms with E-state index < -0.39 is 43.9 Å². The van der Waals surface area contributed by atoms with Gasteiger partial charge in [0.25, 0.3) is 10.0 Å². The van der Waals surface area contributed by atoms with Gasteiger partial charge in [-0.15, -0.1) is 0 Å². The molecule has 0 fully saturated rings. The second-order valence-electron chi connectivity index (χ2n) is 3.92. The lowest BCUT2D eigenvalue weighted by Crippen LogP contribution is -2.16. The van der Waals surface area contributed by atoms with Gasteiger partial charge in [0, 0.05) is 10.5 Å². The largest absolute Gasteiger partial charge is 0.274 e. The van der Waals surface area contributed by atoms with E-state index in [0.29, 0.717) is 18.2 Å². The van der Waals surface area contributed by atoms with E-state index >= 15 is 0 Å². The molecule has 0 saturated carbocycles. The van der Waals surface area contributed by atoms with Gasteiger partial charge in [0.05, 0.1) is 0 Å². The lowest BCUT2D eigenvalue weighted by Gasteiger charge is -2.11. The molecule has 0 saturated heterocycles. The second kappa shape index (κ2) is 5.64. The third-order valence-corrected chi connectivity index (χ3v) is 4.27. The minimum absolute atomic E-state index is 0.0633. The molecule has 0 heterocycles. The average Bonchev–Trinajstić information content (AvgIpc) is 2.33. The first-order valence-corrected chi connectivity index (χ1v) is 7.61. The summed E-state index contributed by atoms with van der Waals surface area (Å²) in [5.74, 6) is -4.73. The normalized spacial score (nSPS) is 11.5. The Morgan fingerprint density at radius 2 is 1.48 bits per heavy atom. The van der Waals surface area contributed by atoms with Crippen LogP contribution in [0.5, 0.6) is 0 Å². The van der Waals surface area contributed by atoms with Crippen molar-refractivity contribution in [3.63, 3.8) is 0 Å². The van der Waals surface area contributed by atoms with Crippen molar-refractivity contribution in [1.82, 2.24) is 0 Å². The van der Waals surface area contributed by atoms with E-state index in [-0.39, 0.29) is 4.47 Å². The molecule has 0 bridgehead atoms. The first-order valence-electron chi connectivity index (χ1n) is 5.33. The van der Waals surface area contributed by atoms with E-state index in [0.717, 1.165) is 12.1 Å². The van der Waals surface area contributed by atoms with Crippen LogP contribution in [-0.2, 0) is 10.0 Å². The number of hydrogen-bond donors (Lipinski definition) is 1. The molecular formula is C12H6BrF4NO2S. The highest BCUT2D eigenvalue weighted by Crippen LogP contribution is 2.27. The Hall–Kier alpha value is -1.61. The fraction of sp³-hybridized carbons (Fsp3) is 0. The van der Waals surface area contributed by atoms with Crippen LogP contribution >= 0.6 is 15.9 Å². The minimum atomic E-state index is -4.61. The zero-order valence-corrected chi connectivity index (χ0v) is 12.4. The number of hydrogen-bond acceptors (Lipinski definition) is 2. The fourth-order valence-electron chi connectivity index (χ4n) is 1.52. The Bertz CT molecular complexity index is 788. The number of benzene rings is 2. The van der Waals surface area contributed by atoms with E-state index in [9.17, 15) is 26.0 Å². The Labute approximate surface area is 125 Å². The molecule has 0 atom stereocenters. The van der Waals surface area contributed by atoms with Crippen LogP contribution in [0.2, 0.25) is 0 Å². The van der Waals surface area contributed by atoms with Crippen molar-refractivity contribution in [2.45, 2.75) is 4.90 Å². The van der Waals surface area contributed by atoms with Gasteiger partial charge in [-0.25, -0.2) is 26.0 Å². The molecule has 0 aliphatic carbocycles. The van der Waals surface area contributed by atoms with Crippen LogP contribution in [0.3, 0.4) is 0 Å². The molecule has 1 N–H and O–H groups in total. The number of halogens is 5. The molecule has 0 radical (unpaired) electrons. The molecule has 3 nitrogen and oxygen atoms in total. The molecule has 112 valence electrons. The summed E-state index contributed by atoms with van der Waals surface area (Å²) in [7, 11) is -4.61. The van der Waals surface area contributed by atoms with E-state index in [1.54, 1.807) is 4.72 Å². The first kappa shape index (κ1) is 15.8. The van der Waals surface area contributed by atoms with E-state index in [1.165, 1.54) is 0 Å². The summed E-state index contributed by atoms with van der Waals surface area (Å²) < 4.78 is 78.8. The van der Waals surface area contributed by atoms with Gasteiger partial charge in [0.15, 0.2) is 11.6 Å². The summed E-state index contributed by atoms with van der Waals surface area (Å²) in [5, 5.41) is 0. The summed E-state index contributed by atoms with van der Waals surface area (Å²) in [6, 6.07) is 3.39. The molecule has 0 aromatic heterocycles. The molecule has 0 spiro atoms. The maximum absolute atomic E-state index is 13.6. The smallest absolute Gasteiger partial charge is 0.265 e. The van der Waals surface area contributed by atoms with Gasteiger partial charge >= 0.3 is 0 Å². The van der Waals surface area contributed by atoms with E-state index in [1.807, 2.05) is 0 Å². The third kappa shape index (κ3) is 3.35. The minimum Gasteiger partial charge on any atom is -0.274 e. The molecule has 21 heavy (non-hydrogen) atoms. The quantitative estimate of drug-likeness (QED) is 0.819. The SMILES string of the molecule is O=S(=O)(Nc1c(F)cc(Br)cc1F)c1ccc(F)cc1F. The van der Waals surface area contributed by atoms with Crippen molar-refractivity contribution in [1.29, 1.82) is 0 Å². The molecule has 2 aromatic carbocycles. The van der Waals surface area contributed by atoms with Crippen molar-refractivity contribution in [3.8, 4) is 0 Å². The highest BCUT2D eigenvalue weighted by atomic mass is 79.9. The highest BCUT2D eigenvalue weighted by Gasteiger charge is 2.23. The molecule has 2 aromatic rings. The van der Waals surface area contributed by atoms with Crippen molar-refractivity contribution in [2.75, 3.05) is 4.72 Å². The van der Waals surface area contributed by atoms with Crippen LogP contribution in [0.15, 0.2) is 39.7 Å². The number of sulfonamides is 1. The Morgan fingerprint density at radius 1 is 0.905 bits per heavy atom. The maximum Gasteiger partial charge on any atom is 0.265 e. The number of anilines is 1. The summed E-state index contributed by atoms with van der Waals surface area (Å²) in [4.78, 5) is -0.925. The molecule has 9 heteroatoms. The lowest BCUT2D eigenvalue weighted by molar-refractivity contribution is 0.549. The summed E-state index contributed by atoms with van der Waals surface area (Å²) in [5.41, 5.74) is -0.957. The molecule has 0 aliphatic rings. The topological polar surface area (TPSA) is 46.2 Å². The summed E-state index contributed by atoms with van der Waals surface area (Å²) >= 11 is 2.83. The van der Waals surface area contributed by atoms with Gasteiger partial charge in [-0.1, -0.05) is 15.9 Å². The molecule has 0 unspecified atom stereocenters. The van der Waals surface area contributed by atoms with Crippen LogP contribution < -0.4 is 4.72 Å². The van der Waals surface area contributed by atoms with Gasteiger partial charge in [0.2, 0.25) is 0 Å². The maximum atomic E-state index is 13.6. The molecule has 2 rings (SSSR count). The van der Waals surface area contributed by atoms with Gasteiger partial charge < -0.3 is 0 Å². The fourth-order valence-corrected chi connectivity index (χ4v) is 3.06. The highest BCUT2D eigenvalue weighted by molar-refractivity contribution is 9.10. The van der Waals surface area contributed by atoms with Crippen LogP contribution in [0.25, 0.3) is 0 Å². The Balaban J connectivity index is 2.47. The first-order chi connectivity index (χ1) is 9.70. The van der Waals surface area contributed by atoms with Gasteiger partial charge in [-0.05, 0) is 24.3 Å². The Morgan fingerprint density at radius 3 is 2.00 bits per heavy atom. The lowest BCUT2D eigenvalue weighted by atomic mass is 10.3. The zero-order valence-electron chi connectivity index (χ0n) is 10.0. The monoisotopic (exact) mass is 383 g/mol. The average molecular weight is 384 g/mol. The number of nitrogens with one attached hydrogen (secondary N) is 1. The van der Waals surface area contributed by atoms with Crippen LogP contribution in [0.1, 0.15) is 0 Å². The van der Waals surface area contributed by atoms with Crippen molar-refractivity contribution in [3.05, 3.63) is 58.1 Å². The zero-order chi connectivity index (χ0) is 15.8. The summed E-state index contributed by atoms with van der Waals surface area (Å²) in [6.07, 6.45) is 0. The molecular weight excluding hydrogens is 378 g/mol. The summed E-state index contributed by atoms with van der Waals surface area (Å²) in [6.45, 7) is 0. The molecule has 0 aliphatic heterocycles. The van der Waals surface area contributed by atoms with E-state index in [2.05, 4.69) is 15.9 Å². The third-order valence-electron chi connectivity index (χ3n) is 2.43. The number of rotatable bonds is 3. The van der Waals surface area contributed by atoms with Crippen LogP contribution in [-0.4, -0.2) is 8.42 Å². The Kier molecular flexibility index (Phi) is 4.24. The van der Waals surface area contributed by atoms with Crippen LogP contribution in [0.4, 0.5) is 23.2 Å².